The highest BCUT2D eigenvalue weighted by Crippen LogP contribution is 2.27. The molecule has 0 fully saturated rings. The van der Waals surface area contributed by atoms with Gasteiger partial charge in [0.15, 0.2) is 0 Å². The molecule has 0 radical (unpaired) electrons. The first-order valence-electron chi connectivity index (χ1n) is 7.03. The summed E-state index contributed by atoms with van der Waals surface area (Å²) in [5, 5.41) is 12.4. The van der Waals surface area contributed by atoms with Gasteiger partial charge in [0.05, 0.1) is 6.61 Å². The summed E-state index contributed by atoms with van der Waals surface area (Å²) < 4.78 is 5.83. The molecule has 0 atom stereocenters. The van der Waals surface area contributed by atoms with E-state index in [4.69, 9.17) is 9.84 Å². The van der Waals surface area contributed by atoms with Gasteiger partial charge >= 0.3 is 0 Å². The van der Waals surface area contributed by atoms with Gasteiger partial charge in [0.1, 0.15) is 12.4 Å². The highest BCUT2D eigenvalue weighted by Gasteiger charge is 2.09. The lowest BCUT2D eigenvalue weighted by Crippen LogP contribution is -2.11. The Balaban J connectivity index is 1.65. The van der Waals surface area contributed by atoms with Gasteiger partial charge in [-0.3, -0.25) is 0 Å². The molecule has 1 heterocycles. The molecule has 0 saturated heterocycles. The average Bonchev–Trinajstić information content (AvgIpc) is 2.53. The number of aliphatic hydroxyl groups excluding tert-OH is 1. The van der Waals surface area contributed by atoms with Gasteiger partial charge in [-0.2, -0.15) is 0 Å². The fourth-order valence-corrected chi connectivity index (χ4v) is 2.44. The fraction of sp³-hybridized carbons (Fsp3) is 0.294. The number of fused-ring (bicyclic) bond motifs is 1. The zero-order valence-corrected chi connectivity index (χ0v) is 11.4. The van der Waals surface area contributed by atoms with Crippen molar-refractivity contribution >= 4 is 5.69 Å². The second kappa shape index (κ2) is 5.97. The summed E-state index contributed by atoms with van der Waals surface area (Å²) in [6, 6.07) is 14.1. The molecule has 0 bridgehead atoms. The van der Waals surface area contributed by atoms with E-state index in [1.807, 2.05) is 30.3 Å². The first-order valence-corrected chi connectivity index (χ1v) is 7.03. The minimum absolute atomic E-state index is 0.0810. The number of hydrogen-bond acceptors (Lipinski definition) is 3. The highest BCUT2D eigenvalue weighted by molar-refractivity contribution is 5.56. The summed E-state index contributed by atoms with van der Waals surface area (Å²) in [6.45, 7) is 1.67. The third kappa shape index (κ3) is 2.94. The normalized spacial score (nSPS) is 13.4. The van der Waals surface area contributed by atoms with Crippen molar-refractivity contribution in [1.82, 2.24) is 0 Å². The van der Waals surface area contributed by atoms with Crippen LogP contribution in [0.25, 0.3) is 0 Å². The van der Waals surface area contributed by atoms with Crippen LogP contribution in [0.2, 0.25) is 0 Å². The standard InChI is InChI=1S/C17H19NO2/c19-11-13-3-5-14(6-4-13)12-20-16-8-7-15-2-1-9-18-17(15)10-16/h3-8,10,18-19H,1-2,9,11-12H2. The zero-order chi connectivity index (χ0) is 13.8. The molecule has 0 aromatic heterocycles. The van der Waals surface area contributed by atoms with Crippen LogP contribution in [-0.4, -0.2) is 11.7 Å². The molecule has 0 saturated carbocycles. The lowest BCUT2D eigenvalue weighted by molar-refractivity contribution is 0.281. The second-order valence-corrected chi connectivity index (χ2v) is 5.11. The van der Waals surface area contributed by atoms with Crippen LogP contribution in [0.3, 0.4) is 0 Å². The minimum Gasteiger partial charge on any atom is -0.489 e. The molecular weight excluding hydrogens is 250 g/mol. The molecule has 0 unspecified atom stereocenters. The highest BCUT2D eigenvalue weighted by atomic mass is 16.5. The molecule has 2 N–H and O–H groups in total. The summed E-state index contributed by atoms with van der Waals surface area (Å²) in [5.74, 6) is 0.893. The molecule has 2 aromatic rings. The van der Waals surface area contributed by atoms with Gasteiger partial charge in [0.25, 0.3) is 0 Å². The first-order chi connectivity index (χ1) is 9.85. The van der Waals surface area contributed by atoms with E-state index in [1.165, 1.54) is 17.7 Å². The van der Waals surface area contributed by atoms with Crippen molar-refractivity contribution in [3.63, 3.8) is 0 Å². The monoisotopic (exact) mass is 269 g/mol. The van der Waals surface area contributed by atoms with E-state index in [9.17, 15) is 0 Å². The van der Waals surface area contributed by atoms with Gasteiger partial charge in [-0.25, -0.2) is 0 Å². The average molecular weight is 269 g/mol. The third-order valence-corrected chi connectivity index (χ3v) is 3.63. The summed E-state index contributed by atoms with van der Waals surface area (Å²) >= 11 is 0. The molecule has 3 nitrogen and oxygen atoms in total. The van der Waals surface area contributed by atoms with Crippen molar-refractivity contribution in [2.75, 3.05) is 11.9 Å². The second-order valence-electron chi connectivity index (χ2n) is 5.11. The molecule has 0 spiro atoms. The van der Waals surface area contributed by atoms with Gasteiger partial charge in [-0.05, 0) is 35.6 Å². The summed E-state index contributed by atoms with van der Waals surface area (Å²) in [4.78, 5) is 0. The Morgan fingerprint density at radius 2 is 1.85 bits per heavy atom. The summed E-state index contributed by atoms with van der Waals surface area (Å²) in [6.07, 6.45) is 2.34. The molecule has 2 aromatic carbocycles. The summed E-state index contributed by atoms with van der Waals surface area (Å²) in [7, 11) is 0. The van der Waals surface area contributed by atoms with Crippen LogP contribution in [0.15, 0.2) is 42.5 Å². The third-order valence-electron chi connectivity index (χ3n) is 3.63. The van der Waals surface area contributed by atoms with Crippen molar-refractivity contribution in [3.8, 4) is 5.75 Å². The molecule has 3 heteroatoms. The molecular formula is C17H19NO2. The number of aliphatic hydroxyl groups is 1. The predicted octanol–water partition coefficient (Wildman–Crippen LogP) is 3.12. The van der Waals surface area contributed by atoms with Crippen molar-refractivity contribution < 1.29 is 9.84 Å². The quantitative estimate of drug-likeness (QED) is 0.896. The predicted molar refractivity (Wildman–Crippen MR) is 79.9 cm³/mol. The first kappa shape index (κ1) is 13.0. The van der Waals surface area contributed by atoms with Gasteiger partial charge in [-0.1, -0.05) is 30.3 Å². The van der Waals surface area contributed by atoms with Crippen LogP contribution in [-0.2, 0) is 19.6 Å². The van der Waals surface area contributed by atoms with Crippen LogP contribution in [0.5, 0.6) is 5.75 Å². The Kier molecular flexibility index (Phi) is 3.88. The fourth-order valence-electron chi connectivity index (χ4n) is 2.44. The van der Waals surface area contributed by atoms with E-state index >= 15 is 0 Å². The van der Waals surface area contributed by atoms with Crippen molar-refractivity contribution in [1.29, 1.82) is 0 Å². The van der Waals surface area contributed by atoms with E-state index in [-0.39, 0.29) is 6.61 Å². The summed E-state index contributed by atoms with van der Waals surface area (Å²) in [5.41, 5.74) is 4.60. The number of hydrogen-bond donors (Lipinski definition) is 2. The molecule has 104 valence electrons. The maximum absolute atomic E-state index is 9.01. The smallest absolute Gasteiger partial charge is 0.121 e. The topological polar surface area (TPSA) is 41.5 Å². The van der Waals surface area contributed by atoms with Crippen LogP contribution in [0, 0.1) is 0 Å². The molecule has 0 amide bonds. The Morgan fingerprint density at radius 3 is 2.65 bits per heavy atom. The lowest BCUT2D eigenvalue weighted by atomic mass is 10.0. The number of benzene rings is 2. The van der Waals surface area contributed by atoms with Crippen LogP contribution >= 0.6 is 0 Å². The van der Waals surface area contributed by atoms with Gasteiger partial charge in [0, 0.05) is 18.3 Å². The largest absolute Gasteiger partial charge is 0.489 e. The Hall–Kier alpha value is -2.00. The van der Waals surface area contributed by atoms with Crippen LogP contribution in [0.4, 0.5) is 5.69 Å². The molecule has 1 aliphatic heterocycles. The zero-order valence-electron chi connectivity index (χ0n) is 11.4. The van der Waals surface area contributed by atoms with Crippen molar-refractivity contribution in [2.45, 2.75) is 26.1 Å². The maximum atomic E-state index is 9.01. The van der Waals surface area contributed by atoms with E-state index in [0.717, 1.165) is 29.8 Å². The van der Waals surface area contributed by atoms with Gasteiger partial charge in [0.2, 0.25) is 0 Å². The van der Waals surface area contributed by atoms with Crippen molar-refractivity contribution in [2.24, 2.45) is 0 Å². The Labute approximate surface area is 119 Å². The maximum Gasteiger partial charge on any atom is 0.121 e. The van der Waals surface area contributed by atoms with Gasteiger partial charge in [-0.15, -0.1) is 0 Å². The van der Waals surface area contributed by atoms with Crippen LogP contribution < -0.4 is 10.1 Å². The number of rotatable bonds is 4. The van der Waals surface area contributed by atoms with Gasteiger partial charge < -0.3 is 15.2 Å². The molecule has 3 rings (SSSR count). The SMILES string of the molecule is OCc1ccc(COc2ccc3c(c2)NCCC3)cc1. The molecule has 20 heavy (non-hydrogen) atoms. The number of ether oxygens (including phenoxy) is 1. The van der Waals surface area contributed by atoms with E-state index < -0.39 is 0 Å². The molecule has 0 aliphatic carbocycles. The minimum atomic E-state index is 0.0810. The Morgan fingerprint density at radius 1 is 1.05 bits per heavy atom. The van der Waals surface area contributed by atoms with E-state index in [0.29, 0.717) is 6.61 Å². The lowest BCUT2D eigenvalue weighted by Gasteiger charge is -2.18. The van der Waals surface area contributed by atoms with Crippen molar-refractivity contribution in [3.05, 3.63) is 59.2 Å². The molecule has 1 aliphatic rings. The number of aryl methyl sites for hydroxylation is 1. The Bertz CT molecular complexity index is 578. The van der Waals surface area contributed by atoms with E-state index in [2.05, 4.69) is 17.4 Å². The van der Waals surface area contributed by atoms with Crippen LogP contribution in [0.1, 0.15) is 23.1 Å². The number of anilines is 1. The van der Waals surface area contributed by atoms with E-state index in [1.54, 1.807) is 0 Å². The number of nitrogens with one attached hydrogen (secondary N) is 1.